The van der Waals surface area contributed by atoms with E-state index in [0.29, 0.717) is 18.7 Å². The average molecular weight is 342 g/mol. The van der Waals surface area contributed by atoms with Gasteiger partial charge in [-0.2, -0.15) is 0 Å². The molecule has 25 heavy (non-hydrogen) atoms. The topological polar surface area (TPSA) is 63.5 Å². The van der Waals surface area contributed by atoms with Crippen molar-refractivity contribution in [2.75, 3.05) is 13.2 Å². The molecule has 1 aromatic carbocycles. The van der Waals surface area contributed by atoms with Crippen LogP contribution in [-0.4, -0.2) is 25.2 Å². The van der Waals surface area contributed by atoms with E-state index in [2.05, 4.69) is 17.6 Å². The third-order valence-corrected chi connectivity index (χ3v) is 4.50. The maximum absolute atomic E-state index is 12.3. The molecule has 5 nitrogen and oxygen atoms in total. The van der Waals surface area contributed by atoms with Crippen LogP contribution in [0.5, 0.6) is 0 Å². The largest absolute Gasteiger partial charge is 0.465 e. The van der Waals surface area contributed by atoms with Crippen molar-refractivity contribution in [3.63, 3.8) is 0 Å². The predicted molar refractivity (Wildman–Crippen MR) is 96.4 cm³/mol. The summed E-state index contributed by atoms with van der Waals surface area (Å²) in [6.45, 7) is 6.06. The van der Waals surface area contributed by atoms with Gasteiger partial charge in [-0.1, -0.05) is 12.1 Å². The molecule has 3 rings (SSSR count). The van der Waals surface area contributed by atoms with E-state index >= 15 is 0 Å². The fourth-order valence-electron chi connectivity index (χ4n) is 2.99. The van der Waals surface area contributed by atoms with Crippen LogP contribution in [0.3, 0.4) is 0 Å². The molecule has 1 saturated heterocycles. The molecule has 5 heteroatoms. The van der Waals surface area contributed by atoms with Crippen molar-refractivity contribution in [3.05, 3.63) is 59.0 Å². The van der Waals surface area contributed by atoms with Crippen molar-refractivity contribution in [1.29, 1.82) is 0 Å². The van der Waals surface area contributed by atoms with E-state index in [1.54, 1.807) is 0 Å². The smallest absolute Gasteiger partial charge is 0.251 e. The molecule has 2 N–H and O–H groups in total. The van der Waals surface area contributed by atoms with Crippen LogP contribution in [0.1, 0.15) is 53.2 Å². The maximum atomic E-state index is 12.3. The van der Waals surface area contributed by atoms with E-state index in [4.69, 9.17) is 9.15 Å². The van der Waals surface area contributed by atoms with Crippen LogP contribution in [-0.2, 0) is 11.3 Å². The quantitative estimate of drug-likeness (QED) is 0.810. The third kappa shape index (κ3) is 4.94. The number of carbonyl (C=O) groups is 1. The van der Waals surface area contributed by atoms with Crippen LogP contribution in [0.25, 0.3) is 0 Å². The maximum Gasteiger partial charge on any atom is 0.251 e. The van der Waals surface area contributed by atoms with Gasteiger partial charge >= 0.3 is 0 Å². The summed E-state index contributed by atoms with van der Waals surface area (Å²) in [5.41, 5.74) is 1.75. The van der Waals surface area contributed by atoms with E-state index in [9.17, 15) is 4.79 Å². The van der Waals surface area contributed by atoms with E-state index in [-0.39, 0.29) is 18.1 Å². The summed E-state index contributed by atoms with van der Waals surface area (Å²) in [6, 6.07) is 11.8. The molecule has 0 radical (unpaired) electrons. The Kier molecular flexibility index (Phi) is 5.89. The number of aryl methyl sites for hydroxylation is 1. The Bertz CT molecular complexity index is 704. The molecular formula is C20H26N2O3. The number of ether oxygens (including phenoxy) is 1. The van der Waals surface area contributed by atoms with Gasteiger partial charge in [0.2, 0.25) is 0 Å². The molecule has 1 aromatic heterocycles. The number of furan rings is 1. The molecule has 1 amide bonds. The molecule has 1 aliphatic rings. The van der Waals surface area contributed by atoms with Crippen LogP contribution in [0.2, 0.25) is 0 Å². The van der Waals surface area contributed by atoms with Gasteiger partial charge in [0.05, 0.1) is 12.1 Å². The van der Waals surface area contributed by atoms with Gasteiger partial charge in [0, 0.05) is 25.3 Å². The molecule has 0 bridgehead atoms. The van der Waals surface area contributed by atoms with E-state index < -0.39 is 0 Å². The van der Waals surface area contributed by atoms with Crippen molar-refractivity contribution in [1.82, 2.24) is 10.6 Å². The highest BCUT2D eigenvalue weighted by Gasteiger charge is 2.17. The van der Waals surface area contributed by atoms with Gasteiger partial charge in [0.1, 0.15) is 11.5 Å². The monoisotopic (exact) mass is 342 g/mol. The number of amides is 1. The van der Waals surface area contributed by atoms with E-state index in [1.165, 1.54) is 0 Å². The first kappa shape index (κ1) is 17.7. The predicted octanol–water partition coefficient (Wildman–Crippen LogP) is 3.35. The molecule has 0 unspecified atom stereocenters. The minimum absolute atomic E-state index is 0.0490. The SMILES string of the molecule is Cc1ccc([C@H](C)NCc2cccc(C(=O)NC[C@@H]3CCCO3)c2)o1. The van der Waals surface area contributed by atoms with Gasteiger partial charge in [-0.15, -0.1) is 0 Å². The summed E-state index contributed by atoms with van der Waals surface area (Å²) >= 11 is 0. The molecule has 1 fully saturated rings. The first-order valence-electron chi connectivity index (χ1n) is 8.90. The standard InChI is InChI=1S/C20H26N2O3/c1-14-8-9-19(25-14)15(2)21-12-16-5-3-6-17(11-16)20(23)22-13-18-7-4-10-24-18/h3,5-6,8-9,11,15,18,21H,4,7,10,12-13H2,1-2H3,(H,22,23)/t15-,18-/m0/s1. The van der Waals surface area contributed by atoms with E-state index in [0.717, 1.165) is 36.5 Å². The van der Waals surface area contributed by atoms with Gasteiger partial charge < -0.3 is 19.8 Å². The highest BCUT2D eigenvalue weighted by Crippen LogP contribution is 2.16. The second-order valence-corrected chi connectivity index (χ2v) is 6.60. The second-order valence-electron chi connectivity index (χ2n) is 6.60. The van der Waals surface area contributed by atoms with Crippen LogP contribution in [0, 0.1) is 6.92 Å². The van der Waals surface area contributed by atoms with Crippen molar-refractivity contribution < 1.29 is 13.9 Å². The number of rotatable bonds is 7. The fourth-order valence-corrected chi connectivity index (χ4v) is 2.99. The lowest BCUT2D eigenvalue weighted by atomic mass is 10.1. The van der Waals surface area contributed by atoms with Crippen LogP contribution in [0.15, 0.2) is 40.8 Å². The highest BCUT2D eigenvalue weighted by atomic mass is 16.5. The number of carbonyl (C=O) groups excluding carboxylic acids is 1. The highest BCUT2D eigenvalue weighted by molar-refractivity contribution is 5.94. The number of benzene rings is 1. The molecule has 2 heterocycles. The van der Waals surface area contributed by atoms with Crippen molar-refractivity contribution >= 4 is 5.91 Å². The summed E-state index contributed by atoms with van der Waals surface area (Å²) in [4.78, 5) is 12.3. The summed E-state index contributed by atoms with van der Waals surface area (Å²) in [6.07, 6.45) is 2.26. The molecule has 0 aliphatic carbocycles. The average Bonchev–Trinajstić information content (AvgIpc) is 3.29. The lowest BCUT2D eigenvalue weighted by molar-refractivity contribution is 0.0857. The zero-order valence-electron chi connectivity index (χ0n) is 14.9. The van der Waals surface area contributed by atoms with Crippen LogP contribution < -0.4 is 10.6 Å². The molecule has 0 spiro atoms. The van der Waals surface area contributed by atoms with Gasteiger partial charge in [-0.3, -0.25) is 4.79 Å². The Balaban J connectivity index is 1.52. The van der Waals surface area contributed by atoms with Crippen LogP contribution >= 0.6 is 0 Å². The van der Waals surface area contributed by atoms with Gasteiger partial charge in [0.25, 0.3) is 5.91 Å². The summed E-state index contributed by atoms with van der Waals surface area (Å²) in [5, 5.41) is 6.39. The zero-order chi connectivity index (χ0) is 17.6. The van der Waals surface area contributed by atoms with Crippen molar-refractivity contribution in [3.8, 4) is 0 Å². The lowest BCUT2D eigenvalue weighted by Crippen LogP contribution is -2.31. The Hall–Kier alpha value is -2.11. The van der Waals surface area contributed by atoms with Crippen molar-refractivity contribution in [2.45, 2.75) is 45.4 Å². The minimum atomic E-state index is -0.0490. The van der Waals surface area contributed by atoms with Gasteiger partial charge in [0.15, 0.2) is 0 Å². The molecule has 134 valence electrons. The number of hydrogen-bond acceptors (Lipinski definition) is 4. The molecule has 0 saturated carbocycles. The van der Waals surface area contributed by atoms with Gasteiger partial charge in [-0.25, -0.2) is 0 Å². The van der Waals surface area contributed by atoms with Crippen molar-refractivity contribution in [2.24, 2.45) is 0 Å². The Morgan fingerprint density at radius 2 is 2.20 bits per heavy atom. The second kappa shape index (κ2) is 8.32. The summed E-state index contributed by atoms with van der Waals surface area (Å²) in [5.74, 6) is 1.78. The molecular weight excluding hydrogens is 316 g/mol. The summed E-state index contributed by atoms with van der Waals surface area (Å²) < 4.78 is 11.2. The fraction of sp³-hybridized carbons (Fsp3) is 0.450. The molecule has 2 atom stereocenters. The lowest BCUT2D eigenvalue weighted by Gasteiger charge is -2.13. The third-order valence-electron chi connectivity index (χ3n) is 4.50. The first-order chi connectivity index (χ1) is 12.1. The van der Waals surface area contributed by atoms with E-state index in [1.807, 2.05) is 43.3 Å². The zero-order valence-corrected chi connectivity index (χ0v) is 14.9. The van der Waals surface area contributed by atoms with Gasteiger partial charge in [-0.05, 0) is 56.5 Å². The normalized spacial score (nSPS) is 18.2. The minimum Gasteiger partial charge on any atom is -0.465 e. The van der Waals surface area contributed by atoms with Crippen LogP contribution in [0.4, 0.5) is 0 Å². The Morgan fingerprint density at radius 1 is 1.32 bits per heavy atom. The summed E-state index contributed by atoms with van der Waals surface area (Å²) in [7, 11) is 0. The Morgan fingerprint density at radius 3 is 2.92 bits per heavy atom. The Labute approximate surface area is 148 Å². The molecule has 1 aliphatic heterocycles. The molecule has 2 aromatic rings. The number of nitrogens with one attached hydrogen (secondary N) is 2. The first-order valence-corrected chi connectivity index (χ1v) is 8.90. The number of hydrogen-bond donors (Lipinski definition) is 2.